The van der Waals surface area contributed by atoms with Gasteiger partial charge in [-0.2, -0.15) is 4.98 Å². The monoisotopic (exact) mass is 339 g/mol. The molecule has 1 aliphatic heterocycles. The van der Waals surface area contributed by atoms with Crippen LogP contribution < -0.4 is 0 Å². The van der Waals surface area contributed by atoms with Crippen LogP contribution in [0.2, 0.25) is 0 Å². The maximum Gasteiger partial charge on any atom is 0.289 e. The Bertz CT molecular complexity index is 823. The van der Waals surface area contributed by atoms with Crippen molar-refractivity contribution in [2.45, 2.75) is 6.54 Å². The predicted molar refractivity (Wildman–Crippen MR) is 87.4 cm³/mol. The lowest BCUT2D eigenvalue weighted by molar-refractivity contribution is 0.0585. The Labute approximate surface area is 144 Å². The van der Waals surface area contributed by atoms with Crippen molar-refractivity contribution in [1.29, 1.82) is 0 Å². The van der Waals surface area contributed by atoms with Gasteiger partial charge in [-0.25, -0.2) is 0 Å². The zero-order chi connectivity index (χ0) is 17.1. The van der Waals surface area contributed by atoms with E-state index in [1.807, 2.05) is 12.1 Å². The van der Waals surface area contributed by atoms with Crippen LogP contribution in [-0.2, 0) is 6.54 Å². The molecule has 4 heterocycles. The van der Waals surface area contributed by atoms with Crippen LogP contribution in [0.5, 0.6) is 0 Å². The number of furan rings is 1. The lowest BCUT2D eigenvalue weighted by Crippen LogP contribution is -2.48. The molecule has 4 rings (SSSR count). The number of aromatic nitrogens is 3. The number of pyridine rings is 1. The maximum atomic E-state index is 12.3. The first kappa shape index (κ1) is 15.5. The summed E-state index contributed by atoms with van der Waals surface area (Å²) in [4.78, 5) is 24.7. The van der Waals surface area contributed by atoms with Crippen molar-refractivity contribution in [2.24, 2.45) is 0 Å². The van der Waals surface area contributed by atoms with Crippen LogP contribution in [0.25, 0.3) is 11.4 Å². The highest BCUT2D eigenvalue weighted by atomic mass is 16.5. The number of piperazine rings is 1. The number of hydrogen-bond acceptors (Lipinski definition) is 7. The van der Waals surface area contributed by atoms with E-state index in [9.17, 15) is 4.79 Å². The molecule has 0 bridgehead atoms. The summed E-state index contributed by atoms with van der Waals surface area (Å²) in [5.74, 6) is 1.41. The van der Waals surface area contributed by atoms with Crippen molar-refractivity contribution in [3.05, 3.63) is 54.6 Å². The molecule has 3 aromatic heterocycles. The number of amides is 1. The van der Waals surface area contributed by atoms with E-state index in [0.717, 1.165) is 18.7 Å². The quantitative estimate of drug-likeness (QED) is 0.714. The fourth-order valence-electron chi connectivity index (χ4n) is 2.79. The van der Waals surface area contributed by atoms with E-state index in [1.165, 1.54) is 6.26 Å². The number of rotatable bonds is 4. The highest BCUT2D eigenvalue weighted by Gasteiger charge is 2.24. The van der Waals surface area contributed by atoms with E-state index in [1.54, 1.807) is 29.4 Å². The first-order valence-electron chi connectivity index (χ1n) is 8.08. The van der Waals surface area contributed by atoms with E-state index in [2.05, 4.69) is 20.0 Å². The SMILES string of the molecule is O=C(c1ccco1)N1CCN(Cc2nc(-c3cccnc3)no2)CC1. The summed E-state index contributed by atoms with van der Waals surface area (Å²) in [6, 6.07) is 7.13. The van der Waals surface area contributed by atoms with Gasteiger partial charge >= 0.3 is 0 Å². The summed E-state index contributed by atoms with van der Waals surface area (Å²) < 4.78 is 10.5. The van der Waals surface area contributed by atoms with E-state index in [-0.39, 0.29) is 5.91 Å². The number of hydrogen-bond donors (Lipinski definition) is 0. The van der Waals surface area contributed by atoms with Crippen molar-refractivity contribution in [3.63, 3.8) is 0 Å². The lowest BCUT2D eigenvalue weighted by Gasteiger charge is -2.33. The summed E-state index contributed by atoms with van der Waals surface area (Å²) in [7, 11) is 0. The minimum atomic E-state index is -0.0682. The van der Waals surface area contributed by atoms with E-state index >= 15 is 0 Å². The van der Waals surface area contributed by atoms with Gasteiger partial charge in [0.1, 0.15) is 0 Å². The molecule has 1 amide bonds. The minimum Gasteiger partial charge on any atom is -0.459 e. The predicted octanol–water partition coefficient (Wildman–Crippen LogP) is 1.68. The lowest BCUT2D eigenvalue weighted by atomic mass is 10.2. The van der Waals surface area contributed by atoms with Gasteiger partial charge in [-0.3, -0.25) is 14.7 Å². The van der Waals surface area contributed by atoms with Gasteiger partial charge in [-0.1, -0.05) is 5.16 Å². The number of carbonyl (C=O) groups is 1. The van der Waals surface area contributed by atoms with Crippen molar-refractivity contribution in [3.8, 4) is 11.4 Å². The van der Waals surface area contributed by atoms with Crippen LogP contribution in [0, 0.1) is 0 Å². The Morgan fingerprint density at radius 3 is 2.76 bits per heavy atom. The molecular formula is C17H17N5O3. The molecule has 8 heteroatoms. The molecule has 1 saturated heterocycles. The first-order chi connectivity index (χ1) is 12.3. The van der Waals surface area contributed by atoms with E-state index in [4.69, 9.17) is 8.94 Å². The van der Waals surface area contributed by atoms with Crippen LogP contribution in [0.3, 0.4) is 0 Å². The van der Waals surface area contributed by atoms with Crippen molar-refractivity contribution < 1.29 is 13.7 Å². The molecule has 8 nitrogen and oxygen atoms in total. The van der Waals surface area contributed by atoms with Gasteiger partial charge in [0.25, 0.3) is 5.91 Å². The van der Waals surface area contributed by atoms with Gasteiger partial charge in [0.2, 0.25) is 11.7 Å². The molecule has 128 valence electrons. The highest BCUT2D eigenvalue weighted by Crippen LogP contribution is 2.16. The average Bonchev–Trinajstić information content (AvgIpc) is 3.35. The van der Waals surface area contributed by atoms with Crippen molar-refractivity contribution in [2.75, 3.05) is 26.2 Å². The van der Waals surface area contributed by atoms with Gasteiger partial charge in [-0.05, 0) is 24.3 Å². The minimum absolute atomic E-state index is 0.0682. The van der Waals surface area contributed by atoms with Crippen LogP contribution in [0.1, 0.15) is 16.4 Å². The summed E-state index contributed by atoms with van der Waals surface area (Å²) in [6.07, 6.45) is 4.92. The Balaban J connectivity index is 1.33. The standard InChI is InChI=1S/C17H17N5O3/c23-17(14-4-2-10-24-14)22-8-6-21(7-9-22)12-15-19-16(20-25-15)13-3-1-5-18-11-13/h1-5,10-11H,6-9,12H2. The molecule has 1 aliphatic rings. The summed E-state index contributed by atoms with van der Waals surface area (Å²) >= 11 is 0. The third-order valence-electron chi connectivity index (χ3n) is 4.14. The fraction of sp³-hybridized carbons (Fsp3) is 0.294. The zero-order valence-corrected chi connectivity index (χ0v) is 13.5. The van der Waals surface area contributed by atoms with E-state index in [0.29, 0.717) is 37.1 Å². The highest BCUT2D eigenvalue weighted by molar-refractivity contribution is 5.91. The Morgan fingerprint density at radius 2 is 2.04 bits per heavy atom. The molecule has 0 aliphatic carbocycles. The van der Waals surface area contributed by atoms with Gasteiger partial charge in [0, 0.05) is 44.1 Å². The third-order valence-corrected chi connectivity index (χ3v) is 4.14. The summed E-state index contributed by atoms with van der Waals surface area (Å²) in [6.45, 7) is 3.34. The number of nitrogens with zero attached hydrogens (tertiary/aromatic N) is 5. The first-order valence-corrected chi connectivity index (χ1v) is 8.08. The molecule has 3 aromatic rings. The Hall–Kier alpha value is -3.00. The van der Waals surface area contributed by atoms with E-state index < -0.39 is 0 Å². The molecule has 1 fully saturated rings. The molecule has 0 N–H and O–H groups in total. The maximum absolute atomic E-state index is 12.3. The van der Waals surface area contributed by atoms with Crippen molar-refractivity contribution in [1.82, 2.24) is 24.9 Å². The van der Waals surface area contributed by atoms with Crippen LogP contribution >= 0.6 is 0 Å². The normalized spacial score (nSPS) is 15.4. The van der Waals surface area contributed by atoms with Gasteiger partial charge in [-0.15, -0.1) is 0 Å². The van der Waals surface area contributed by atoms with Crippen LogP contribution in [-0.4, -0.2) is 57.0 Å². The van der Waals surface area contributed by atoms with Gasteiger partial charge in [0.05, 0.1) is 12.8 Å². The smallest absolute Gasteiger partial charge is 0.289 e. The molecule has 0 unspecified atom stereocenters. The zero-order valence-electron chi connectivity index (χ0n) is 13.5. The second kappa shape index (κ2) is 6.86. The van der Waals surface area contributed by atoms with Crippen LogP contribution in [0.15, 0.2) is 51.9 Å². The largest absolute Gasteiger partial charge is 0.459 e. The van der Waals surface area contributed by atoms with Crippen LogP contribution in [0.4, 0.5) is 0 Å². The van der Waals surface area contributed by atoms with Crippen molar-refractivity contribution >= 4 is 5.91 Å². The molecule has 0 radical (unpaired) electrons. The van der Waals surface area contributed by atoms with Gasteiger partial charge < -0.3 is 13.8 Å². The molecule has 0 saturated carbocycles. The topological polar surface area (TPSA) is 88.5 Å². The fourth-order valence-corrected chi connectivity index (χ4v) is 2.79. The second-order valence-electron chi connectivity index (χ2n) is 5.80. The van der Waals surface area contributed by atoms with Gasteiger partial charge in [0.15, 0.2) is 5.76 Å². The molecular weight excluding hydrogens is 322 g/mol. The Kier molecular flexibility index (Phi) is 4.26. The molecule has 25 heavy (non-hydrogen) atoms. The second-order valence-corrected chi connectivity index (χ2v) is 5.80. The third kappa shape index (κ3) is 3.43. The molecule has 0 aromatic carbocycles. The summed E-state index contributed by atoms with van der Waals surface area (Å²) in [5, 5.41) is 4.00. The molecule has 0 spiro atoms. The Morgan fingerprint density at radius 1 is 1.16 bits per heavy atom. The number of carbonyl (C=O) groups excluding carboxylic acids is 1. The molecule has 0 atom stereocenters. The summed E-state index contributed by atoms with van der Waals surface area (Å²) in [5.41, 5.74) is 0.825. The average molecular weight is 339 g/mol.